The molecule has 0 aliphatic heterocycles. The Morgan fingerprint density at radius 1 is 1.24 bits per heavy atom. The number of fused-ring (bicyclic) bond motifs is 1. The molecule has 0 saturated carbocycles. The van der Waals surface area contributed by atoms with Crippen LogP contribution in [-0.4, -0.2) is 24.2 Å². The van der Waals surface area contributed by atoms with Crippen molar-refractivity contribution in [2.24, 2.45) is 0 Å². The number of aryl methyl sites for hydroxylation is 1. The first kappa shape index (κ1) is 16.6. The number of rotatable bonds is 5. The van der Waals surface area contributed by atoms with Gasteiger partial charge in [-0.25, -0.2) is 4.79 Å². The van der Waals surface area contributed by atoms with Gasteiger partial charge in [0, 0.05) is 17.0 Å². The minimum Gasteiger partial charge on any atom is -0.508 e. The van der Waals surface area contributed by atoms with E-state index < -0.39 is 11.9 Å². The fourth-order valence-corrected chi connectivity index (χ4v) is 2.49. The minimum absolute atomic E-state index is 0.0152. The average molecular weight is 344 g/mol. The van der Waals surface area contributed by atoms with Crippen LogP contribution in [0.4, 0.5) is 0 Å². The topological polar surface area (TPSA) is 99.1 Å². The molecular weight excluding hydrogens is 328 g/mol. The number of methoxy groups -OCH3 is 1. The van der Waals surface area contributed by atoms with Gasteiger partial charge in [-0.3, -0.25) is 4.79 Å². The fraction of sp³-hybridized carbons (Fsp3) is 0.222. The molecule has 25 heavy (non-hydrogen) atoms. The number of aromatic hydroxyl groups is 1. The summed E-state index contributed by atoms with van der Waals surface area (Å²) in [4.78, 5) is 23.6. The molecule has 0 spiro atoms. The quantitative estimate of drug-likeness (QED) is 0.710. The molecule has 0 fully saturated rings. The maximum absolute atomic E-state index is 12.0. The van der Waals surface area contributed by atoms with Crippen molar-refractivity contribution in [3.8, 4) is 5.75 Å². The van der Waals surface area contributed by atoms with Gasteiger partial charge in [0.25, 0.3) is 0 Å². The summed E-state index contributed by atoms with van der Waals surface area (Å²) in [5, 5.41) is 10.2. The van der Waals surface area contributed by atoms with Crippen LogP contribution in [0.1, 0.15) is 27.4 Å². The first-order valence-electron chi connectivity index (χ1n) is 7.50. The van der Waals surface area contributed by atoms with Crippen LogP contribution in [0.5, 0.6) is 5.75 Å². The minimum atomic E-state index is -0.507. The average Bonchev–Trinajstić information content (AvgIpc) is 3.15. The summed E-state index contributed by atoms with van der Waals surface area (Å²) in [7, 11) is 1.28. The van der Waals surface area contributed by atoms with Crippen molar-refractivity contribution in [1.29, 1.82) is 0 Å². The maximum Gasteiger partial charge on any atom is 0.341 e. The van der Waals surface area contributed by atoms with Crippen LogP contribution < -0.4 is 0 Å². The Morgan fingerprint density at radius 2 is 2.04 bits per heavy atom. The summed E-state index contributed by atoms with van der Waals surface area (Å²) in [6.45, 7) is 1.54. The molecule has 0 amide bonds. The Labute approximate surface area is 142 Å². The summed E-state index contributed by atoms with van der Waals surface area (Å²) >= 11 is 0. The van der Waals surface area contributed by atoms with Gasteiger partial charge in [-0.15, -0.1) is 0 Å². The predicted octanol–water partition coefficient (Wildman–Crippen LogP) is 3.11. The molecule has 3 rings (SSSR count). The first-order valence-corrected chi connectivity index (χ1v) is 7.50. The van der Waals surface area contributed by atoms with E-state index in [2.05, 4.69) is 4.74 Å². The van der Waals surface area contributed by atoms with Gasteiger partial charge in [-0.2, -0.15) is 0 Å². The molecule has 7 heteroatoms. The smallest absolute Gasteiger partial charge is 0.341 e. The molecule has 0 bridgehead atoms. The molecule has 0 aliphatic rings. The van der Waals surface area contributed by atoms with E-state index in [1.165, 1.54) is 31.6 Å². The van der Waals surface area contributed by atoms with Gasteiger partial charge in [0.2, 0.25) is 0 Å². The van der Waals surface area contributed by atoms with E-state index in [1.54, 1.807) is 13.0 Å². The van der Waals surface area contributed by atoms with Crippen molar-refractivity contribution < 1.29 is 33.0 Å². The third-order valence-electron chi connectivity index (χ3n) is 3.72. The van der Waals surface area contributed by atoms with Gasteiger partial charge < -0.3 is 23.4 Å². The van der Waals surface area contributed by atoms with Crippen molar-refractivity contribution in [2.75, 3.05) is 7.11 Å². The molecular formula is C18H16O7. The second-order valence-electron chi connectivity index (χ2n) is 5.45. The number of ether oxygens (including phenoxy) is 2. The van der Waals surface area contributed by atoms with Gasteiger partial charge in [0.15, 0.2) is 0 Å². The Kier molecular flexibility index (Phi) is 4.47. The number of carbonyl (C=O) groups is 2. The highest BCUT2D eigenvalue weighted by atomic mass is 16.5. The van der Waals surface area contributed by atoms with Crippen LogP contribution in [0.25, 0.3) is 11.0 Å². The lowest BCUT2D eigenvalue weighted by Crippen LogP contribution is -2.07. The number of furan rings is 2. The van der Waals surface area contributed by atoms with Crippen LogP contribution >= 0.6 is 0 Å². The van der Waals surface area contributed by atoms with Crippen LogP contribution in [0.2, 0.25) is 0 Å². The molecule has 3 aromatic rings. The lowest BCUT2D eigenvalue weighted by atomic mass is 10.1. The van der Waals surface area contributed by atoms with E-state index >= 15 is 0 Å². The van der Waals surface area contributed by atoms with E-state index in [0.29, 0.717) is 28.2 Å². The van der Waals surface area contributed by atoms with Crippen LogP contribution in [0.3, 0.4) is 0 Å². The third kappa shape index (κ3) is 3.50. The van der Waals surface area contributed by atoms with Crippen molar-refractivity contribution >= 4 is 22.9 Å². The van der Waals surface area contributed by atoms with Crippen molar-refractivity contribution in [1.82, 2.24) is 0 Å². The number of carbonyl (C=O) groups excluding carboxylic acids is 2. The predicted molar refractivity (Wildman–Crippen MR) is 86.2 cm³/mol. The number of hydrogen-bond donors (Lipinski definition) is 1. The van der Waals surface area contributed by atoms with Crippen molar-refractivity contribution in [3.05, 3.63) is 53.2 Å². The monoisotopic (exact) mass is 344 g/mol. The zero-order valence-corrected chi connectivity index (χ0v) is 13.7. The molecule has 2 aromatic heterocycles. The maximum atomic E-state index is 12.0. The molecule has 0 saturated heterocycles. The Hall–Kier alpha value is -3.22. The first-order chi connectivity index (χ1) is 12.0. The summed E-state index contributed by atoms with van der Waals surface area (Å²) in [5.41, 5.74) is 1.45. The molecule has 1 aromatic carbocycles. The lowest BCUT2D eigenvalue weighted by Gasteiger charge is -2.02. The van der Waals surface area contributed by atoms with E-state index in [0.717, 1.165) is 5.39 Å². The highest BCUT2D eigenvalue weighted by Gasteiger charge is 2.17. The number of hydrogen-bond acceptors (Lipinski definition) is 7. The fourth-order valence-electron chi connectivity index (χ4n) is 2.49. The van der Waals surface area contributed by atoms with Gasteiger partial charge in [-0.1, -0.05) is 0 Å². The highest BCUT2D eigenvalue weighted by molar-refractivity contribution is 5.90. The standard InChI is InChI=1S/C18H16O7/c1-10-15(18(21)22-2)7-13(25-10)9-24-17(20)5-11-8-23-16-6-12(19)3-4-14(11)16/h3-4,6-8,19H,5,9H2,1-2H3. The summed E-state index contributed by atoms with van der Waals surface area (Å²) < 4.78 is 20.5. The van der Waals surface area contributed by atoms with Crippen LogP contribution in [0.15, 0.2) is 39.4 Å². The van der Waals surface area contributed by atoms with E-state index in [9.17, 15) is 14.7 Å². The number of phenolic OH excluding ortho intramolecular Hbond substituents is 1. The second kappa shape index (κ2) is 6.72. The Balaban J connectivity index is 1.64. The molecule has 0 unspecified atom stereocenters. The molecule has 0 aliphatic carbocycles. The van der Waals surface area contributed by atoms with Crippen molar-refractivity contribution in [2.45, 2.75) is 20.0 Å². The normalized spacial score (nSPS) is 10.8. The molecule has 2 heterocycles. The molecule has 0 radical (unpaired) electrons. The molecule has 130 valence electrons. The van der Waals surface area contributed by atoms with Crippen LogP contribution in [0, 0.1) is 6.92 Å². The van der Waals surface area contributed by atoms with Gasteiger partial charge in [0.05, 0.1) is 19.8 Å². The number of phenols is 1. The summed E-state index contributed by atoms with van der Waals surface area (Å²) in [6.07, 6.45) is 1.47. The summed E-state index contributed by atoms with van der Waals surface area (Å²) in [5.74, 6) is -0.131. The zero-order chi connectivity index (χ0) is 18.0. The number of esters is 2. The van der Waals surface area contributed by atoms with Gasteiger partial charge in [-0.05, 0) is 25.1 Å². The second-order valence-corrected chi connectivity index (χ2v) is 5.45. The molecule has 7 nitrogen and oxygen atoms in total. The van der Waals surface area contributed by atoms with E-state index in [-0.39, 0.29) is 18.8 Å². The van der Waals surface area contributed by atoms with Crippen LogP contribution in [-0.2, 0) is 27.3 Å². The van der Waals surface area contributed by atoms with Crippen molar-refractivity contribution in [3.63, 3.8) is 0 Å². The Bertz CT molecular complexity index is 932. The zero-order valence-electron chi connectivity index (χ0n) is 13.7. The third-order valence-corrected chi connectivity index (χ3v) is 3.72. The van der Waals surface area contributed by atoms with E-state index in [1.807, 2.05) is 0 Å². The number of benzene rings is 1. The van der Waals surface area contributed by atoms with Gasteiger partial charge in [0.1, 0.15) is 35.0 Å². The largest absolute Gasteiger partial charge is 0.508 e. The highest BCUT2D eigenvalue weighted by Crippen LogP contribution is 2.25. The van der Waals surface area contributed by atoms with E-state index in [4.69, 9.17) is 13.6 Å². The van der Waals surface area contributed by atoms with Gasteiger partial charge >= 0.3 is 11.9 Å². The molecule has 1 N–H and O–H groups in total. The lowest BCUT2D eigenvalue weighted by molar-refractivity contribution is -0.144. The Morgan fingerprint density at radius 3 is 2.80 bits per heavy atom. The SMILES string of the molecule is COC(=O)c1cc(COC(=O)Cc2coc3cc(O)ccc23)oc1C. The summed E-state index contributed by atoms with van der Waals surface area (Å²) in [6, 6.07) is 6.16. The molecule has 0 atom stereocenters.